The summed E-state index contributed by atoms with van der Waals surface area (Å²) in [5.41, 5.74) is 0.115. The van der Waals surface area contributed by atoms with E-state index in [0.29, 0.717) is 5.69 Å². The van der Waals surface area contributed by atoms with Crippen molar-refractivity contribution < 1.29 is 4.39 Å². The van der Waals surface area contributed by atoms with Crippen LogP contribution in [0.4, 0.5) is 4.39 Å². The molecule has 0 saturated carbocycles. The van der Waals surface area contributed by atoms with Crippen LogP contribution in [0.1, 0.15) is 26.5 Å². The van der Waals surface area contributed by atoms with Crippen LogP contribution in [-0.4, -0.2) is 9.78 Å². The number of aromatic nitrogens is 2. The Labute approximate surface area is 76.3 Å². The summed E-state index contributed by atoms with van der Waals surface area (Å²) in [5, 5.41) is 4.06. The molecule has 1 heterocycles. The van der Waals surface area contributed by atoms with E-state index in [-0.39, 0.29) is 10.6 Å². The van der Waals surface area contributed by atoms with Gasteiger partial charge < -0.3 is 0 Å². The first-order chi connectivity index (χ1) is 5.34. The van der Waals surface area contributed by atoms with Crippen molar-refractivity contribution in [2.45, 2.75) is 26.2 Å². The molecule has 0 aromatic carbocycles. The van der Waals surface area contributed by atoms with Gasteiger partial charge in [0.05, 0.1) is 0 Å². The molecule has 0 saturated heterocycles. The summed E-state index contributed by atoms with van der Waals surface area (Å²) in [5.74, 6) is -0.410. The van der Waals surface area contributed by atoms with Crippen LogP contribution >= 0.6 is 11.6 Å². The molecule has 0 bridgehead atoms. The van der Waals surface area contributed by atoms with Crippen LogP contribution < -0.4 is 0 Å². The smallest absolute Gasteiger partial charge is 0.183 e. The second-order valence-corrected chi connectivity index (χ2v) is 4.19. The average molecular weight is 191 g/mol. The zero-order chi connectivity index (χ0) is 9.52. The van der Waals surface area contributed by atoms with Gasteiger partial charge in [0.1, 0.15) is 5.69 Å². The Morgan fingerprint density at radius 1 is 1.42 bits per heavy atom. The van der Waals surface area contributed by atoms with Gasteiger partial charge in [0.2, 0.25) is 0 Å². The predicted octanol–water partition coefficient (Wildman–Crippen LogP) is 2.51. The van der Waals surface area contributed by atoms with Crippen LogP contribution in [0.3, 0.4) is 0 Å². The normalized spacial score (nSPS) is 12.2. The molecule has 1 aromatic rings. The zero-order valence-corrected chi connectivity index (χ0v) is 8.41. The zero-order valence-electron chi connectivity index (χ0n) is 7.65. The number of aryl methyl sites for hydroxylation is 1. The van der Waals surface area contributed by atoms with Gasteiger partial charge in [-0.25, -0.2) is 4.39 Å². The highest BCUT2D eigenvalue weighted by atomic mass is 35.5. The van der Waals surface area contributed by atoms with Gasteiger partial charge in [0, 0.05) is 12.5 Å². The number of halogens is 2. The highest BCUT2D eigenvalue weighted by Gasteiger charge is 2.25. The summed E-state index contributed by atoms with van der Waals surface area (Å²) < 4.78 is 14.6. The maximum absolute atomic E-state index is 13.3. The van der Waals surface area contributed by atoms with Gasteiger partial charge in [0.15, 0.2) is 11.0 Å². The first-order valence-electron chi connectivity index (χ1n) is 3.72. The first-order valence-corrected chi connectivity index (χ1v) is 4.10. The van der Waals surface area contributed by atoms with E-state index < -0.39 is 5.82 Å². The SMILES string of the molecule is Cn1nc(C(C)(C)C)c(F)c1Cl. The van der Waals surface area contributed by atoms with Crippen LogP contribution in [0.5, 0.6) is 0 Å². The lowest BCUT2D eigenvalue weighted by Crippen LogP contribution is -2.14. The lowest BCUT2D eigenvalue weighted by molar-refractivity contribution is 0.508. The van der Waals surface area contributed by atoms with Crippen LogP contribution in [0.15, 0.2) is 0 Å². The van der Waals surface area contributed by atoms with Crippen LogP contribution in [0, 0.1) is 5.82 Å². The van der Waals surface area contributed by atoms with Crippen molar-refractivity contribution in [3.05, 3.63) is 16.7 Å². The molecule has 0 fully saturated rings. The monoisotopic (exact) mass is 190 g/mol. The van der Waals surface area contributed by atoms with Gasteiger partial charge >= 0.3 is 0 Å². The Morgan fingerprint density at radius 2 is 1.92 bits per heavy atom. The Morgan fingerprint density at radius 3 is 2.08 bits per heavy atom. The standard InChI is InChI=1S/C8H12ClFN2/c1-8(2,3)6-5(10)7(9)12(4)11-6/h1-4H3. The van der Waals surface area contributed by atoms with Crippen molar-refractivity contribution >= 4 is 11.6 Å². The summed E-state index contributed by atoms with van der Waals surface area (Å²) in [6.07, 6.45) is 0. The molecule has 0 aliphatic rings. The molecule has 0 unspecified atom stereocenters. The van der Waals surface area contributed by atoms with Crippen LogP contribution in [0.25, 0.3) is 0 Å². The summed E-state index contributed by atoms with van der Waals surface area (Å²) in [7, 11) is 1.63. The second kappa shape index (κ2) is 2.73. The van der Waals surface area contributed by atoms with E-state index in [1.807, 2.05) is 20.8 Å². The van der Waals surface area contributed by atoms with Crippen molar-refractivity contribution in [3.63, 3.8) is 0 Å². The molecule has 2 nitrogen and oxygen atoms in total. The van der Waals surface area contributed by atoms with Gasteiger partial charge in [-0.15, -0.1) is 0 Å². The van der Waals surface area contributed by atoms with E-state index in [0.717, 1.165) is 0 Å². The van der Waals surface area contributed by atoms with Gasteiger partial charge in [0.25, 0.3) is 0 Å². The minimum absolute atomic E-state index is 0.0694. The molecule has 1 aromatic heterocycles. The second-order valence-electron chi connectivity index (χ2n) is 3.83. The number of hydrogen-bond acceptors (Lipinski definition) is 1. The van der Waals surface area contributed by atoms with Crippen LogP contribution in [0.2, 0.25) is 5.15 Å². The van der Waals surface area contributed by atoms with Gasteiger partial charge in [-0.05, 0) is 0 Å². The lowest BCUT2D eigenvalue weighted by atomic mass is 9.92. The summed E-state index contributed by atoms with van der Waals surface area (Å²) in [6.45, 7) is 5.69. The fourth-order valence-electron chi connectivity index (χ4n) is 0.957. The van der Waals surface area contributed by atoms with E-state index in [4.69, 9.17) is 11.6 Å². The fraction of sp³-hybridized carbons (Fsp3) is 0.625. The van der Waals surface area contributed by atoms with E-state index >= 15 is 0 Å². The molecule has 0 amide bonds. The Bertz CT molecular complexity index is 299. The van der Waals surface area contributed by atoms with Gasteiger partial charge in [-0.1, -0.05) is 32.4 Å². The molecule has 4 heteroatoms. The molecule has 68 valence electrons. The average Bonchev–Trinajstić information content (AvgIpc) is 2.15. The van der Waals surface area contributed by atoms with Crippen molar-refractivity contribution in [2.24, 2.45) is 7.05 Å². The van der Waals surface area contributed by atoms with Gasteiger partial charge in [-0.2, -0.15) is 5.10 Å². The van der Waals surface area contributed by atoms with E-state index in [1.54, 1.807) is 7.05 Å². The minimum atomic E-state index is -0.410. The van der Waals surface area contributed by atoms with Crippen molar-refractivity contribution in [2.75, 3.05) is 0 Å². The molecule has 12 heavy (non-hydrogen) atoms. The van der Waals surface area contributed by atoms with E-state index in [9.17, 15) is 4.39 Å². The molecule has 1 rings (SSSR count). The largest absolute Gasteiger partial charge is 0.254 e. The lowest BCUT2D eigenvalue weighted by Gasteiger charge is -2.14. The predicted molar refractivity (Wildman–Crippen MR) is 46.9 cm³/mol. The van der Waals surface area contributed by atoms with Crippen molar-refractivity contribution in [1.29, 1.82) is 0 Å². The number of nitrogens with zero attached hydrogens (tertiary/aromatic N) is 2. The minimum Gasteiger partial charge on any atom is -0.254 e. The molecule has 0 atom stereocenters. The third-order valence-corrected chi connectivity index (χ3v) is 2.04. The summed E-state index contributed by atoms with van der Waals surface area (Å²) in [6, 6.07) is 0. The highest BCUT2D eigenvalue weighted by molar-refractivity contribution is 6.29. The third kappa shape index (κ3) is 1.46. The van der Waals surface area contributed by atoms with Crippen LogP contribution in [-0.2, 0) is 12.5 Å². The molecule has 0 radical (unpaired) electrons. The molecule has 0 aliphatic carbocycles. The Hall–Kier alpha value is -0.570. The first kappa shape index (κ1) is 9.52. The Kier molecular flexibility index (Phi) is 2.17. The summed E-state index contributed by atoms with van der Waals surface area (Å²) >= 11 is 5.63. The van der Waals surface area contributed by atoms with Crippen molar-refractivity contribution in [1.82, 2.24) is 9.78 Å². The highest BCUT2D eigenvalue weighted by Crippen LogP contribution is 2.27. The molecular weight excluding hydrogens is 179 g/mol. The maximum atomic E-state index is 13.3. The number of hydrogen-bond donors (Lipinski definition) is 0. The van der Waals surface area contributed by atoms with E-state index in [1.165, 1.54) is 4.68 Å². The molecular formula is C8H12ClFN2. The van der Waals surface area contributed by atoms with Gasteiger partial charge in [-0.3, -0.25) is 4.68 Å². The molecule has 0 N–H and O–H groups in total. The molecule has 0 spiro atoms. The maximum Gasteiger partial charge on any atom is 0.183 e. The summed E-state index contributed by atoms with van der Waals surface area (Å²) in [4.78, 5) is 0. The quantitative estimate of drug-likeness (QED) is 0.615. The number of rotatable bonds is 0. The Balaban J connectivity index is 3.28. The third-order valence-electron chi connectivity index (χ3n) is 1.63. The topological polar surface area (TPSA) is 17.8 Å². The van der Waals surface area contributed by atoms with E-state index in [2.05, 4.69) is 5.10 Å². The fourth-order valence-corrected chi connectivity index (χ4v) is 1.08. The molecule has 0 aliphatic heterocycles. The van der Waals surface area contributed by atoms with Crippen molar-refractivity contribution in [3.8, 4) is 0 Å².